The van der Waals surface area contributed by atoms with Crippen LogP contribution in [0.3, 0.4) is 0 Å². The Morgan fingerprint density at radius 3 is 2.79 bits per heavy atom. The van der Waals surface area contributed by atoms with Crippen molar-refractivity contribution in [2.45, 2.75) is 45.7 Å². The summed E-state index contributed by atoms with van der Waals surface area (Å²) >= 11 is 0. The largest absolute Gasteiger partial charge is 0.394 e. The molecule has 0 aliphatic carbocycles. The summed E-state index contributed by atoms with van der Waals surface area (Å²) in [5.41, 5.74) is 3.85. The third-order valence-electron chi connectivity index (χ3n) is 4.15. The van der Waals surface area contributed by atoms with E-state index in [0.717, 1.165) is 19.5 Å². The number of hydrogen-bond acceptors (Lipinski definition) is 3. The van der Waals surface area contributed by atoms with Gasteiger partial charge in [-0.1, -0.05) is 12.1 Å². The van der Waals surface area contributed by atoms with Crippen molar-refractivity contribution in [3.05, 3.63) is 29.3 Å². The molecule has 1 unspecified atom stereocenters. The van der Waals surface area contributed by atoms with Gasteiger partial charge in [0.25, 0.3) is 0 Å². The van der Waals surface area contributed by atoms with Gasteiger partial charge in [-0.3, -0.25) is 0 Å². The molecule has 1 heterocycles. The first-order chi connectivity index (χ1) is 8.95. The monoisotopic (exact) mass is 262 g/mol. The number of nitrogens with one attached hydrogen (secondary N) is 1. The minimum absolute atomic E-state index is 0.0510. The Kier molecular flexibility index (Phi) is 4.16. The van der Waals surface area contributed by atoms with E-state index < -0.39 is 0 Å². The maximum atomic E-state index is 9.76. The van der Waals surface area contributed by atoms with Crippen molar-refractivity contribution < 1.29 is 5.11 Å². The van der Waals surface area contributed by atoms with E-state index >= 15 is 0 Å². The van der Waals surface area contributed by atoms with Gasteiger partial charge in [-0.15, -0.1) is 0 Å². The molecule has 1 aromatic rings. The van der Waals surface area contributed by atoms with E-state index in [1.807, 2.05) is 0 Å². The Morgan fingerprint density at radius 2 is 2.11 bits per heavy atom. The van der Waals surface area contributed by atoms with Gasteiger partial charge in [-0.2, -0.15) is 0 Å². The molecule has 3 heteroatoms. The van der Waals surface area contributed by atoms with Crippen LogP contribution < -0.4 is 10.2 Å². The first kappa shape index (κ1) is 14.4. The van der Waals surface area contributed by atoms with E-state index in [9.17, 15) is 5.11 Å². The van der Waals surface area contributed by atoms with E-state index in [1.165, 1.54) is 16.8 Å². The highest BCUT2D eigenvalue weighted by atomic mass is 16.3. The van der Waals surface area contributed by atoms with Crippen LogP contribution in [0.25, 0.3) is 0 Å². The van der Waals surface area contributed by atoms with Crippen LogP contribution >= 0.6 is 0 Å². The zero-order valence-electron chi connectivity index (χ0n) is 12.5. The fourth-order valence-electron chi connectivity index (χ4n) is 3.02. The molecule has 0 spiro atoms. The van der Waals surface area contributed by atoms with Crippen LogP contribution in [0.1, 0.15) is 31.4 Å². The third kappa shape index (κ3) is 2.93. The zero-order chi connectivity index (χ0) is 14.0. The van der Waals surface area contributed by atoms with Crippen LogP contribution in [0, 0.1) is 13.8 Å². The summed E-state index contributed by atoms with van der Waals surface area (Å²) in [6.45, 7) is 10.8. The SMILES string of the molecule is Cc1ccc(C)c(N2C(CO)CNCCC2(C)C)c1. The molecule has 19 heavy (non-hydrogen) atoms. The van der Waals surface area contributed by atoms with Gasteiger partial charge < -0.3 is 15.3 Å². The van der Waals surface area contributed by atoms with Crippen molar-refractivity contribution in [3.63, 3.8) is 0 Å². The Morgan fingerprint density at radius 1 is 1.37 bits per heavy atom. The van der Waals surface area contributed by atoms with E-state index in [1.54, 1.807) is 0 Å². The van der Waals surface area contributed by atoms with Gasteiger partial charge in [0.1, 0.15) is 0 Å². The van der Waals surface area contributed by atoms with Crippen LogP contribution in [-0.4, -0.2) is 36.4 Å². The number of nitrogens with zero attached hydrogens (tertiary/aromatic N) is 1. The molecule has 2 N–H and O–H groups in total. The summed E-state index contributed by atoms with van der Waals surface area (Å²) in [5, 5.41) is 13.2. The standard InChI is InChI=1S/C16H26N2O/c1-12-5-6-13(2)15(9-12)18-14(11-19)10-17-8-7-16(18,3)4/h5-6,9,14,17,19H,7-8,10-11H2,1-4H3. The molecule has 0 saturated carbocycles. The molecule has 1 aromatic carbocycles. The maximum Gasteiger partial charge on any atom is 0.0651 e. The molecule has 3 nitrogen and oxygen atoms in total. The van der Waals surface area contributed by atoms with Gasteiger partial charge in [0, 0.05) is 17.8 Å². The molecule has 0 aromatic heterocycles. The fourth-order valence-corrected chi connectivity index (χ4v) is 3.02. The van der Waals surface area contributed by atoms with Gasteiger partial charge in [0.2, 0.25) is 0 Å². The number of benzene rings is 1. The first-order valence-corrected chi connectivity index (χ1v) is 7.14. The highest BCUT2D eigenvalue weighted by molar-refractivity contribution is 5.58. The van der Waals surface area contributed by atoms with Gasteiger partial charge in [0.15, 0.2) is 0 Å². The lowest BCUT2D eigenvalue weighted by Crippen LogP contribution is -2.52. The molecule has 1 saturated heterocycles. The van der Waals surface area contributed by atoms with Crippen molar-refractivity contribution in [2.75, 3.05) is 24.6 Å². The number of aryl methyl sites for hydroxylation is 2. The van der Waals surface area contributed by atoms with Gasteiger partial charge in [-0.25, -0.2) is 0 Å². The summed E-state index contributed by atoms with van der Waals surface area (Å²) in [6.07, 6.45) is 1.08. The number of aliphatic hydroxyl groups excluding tert-OH is 1. The summed E-state index contributed by atoms with van der Waals surface area (Å²) < 4.78 is 0. The Hall–Kier alpha value is -1.06. The predicted molar refractivity (Wildman–Crippen MR) is 80.8 cm³/mol. The normalized spacial score (nSPS) is 23.2. The van der Waals surface area contributed by atoms with Crippen LogP contribution in [-0.2, 0) is 0 Å². The topological polar surface area (TPSA) is 35.5 Å². The summed E-state index contributed by atoms with van der Waals surface area (Å²) in [7, 11) is 0. The lowest BCUT2D eigenvalue weighted by molar-refractivity contribution is 0.245. The minimum Gasteiger partial charge on any atom is -0.394 e. The highest BCUT2D eigenvalue weighted by Crippen LogP contribution is 2.33. The number of aliphatic hydroxyl groups is 1. The smallest absolute Gasteiger partial charge is 0.0651 e. The van der Waals surface area contributed by atoms with Gasteiger partial charge >= 0.3 is 0 Å². The lowest BCUT2D eigenvalue weighted by atomic mass is 9.94. The second-order valence-electron chi connectivity index (χ2n) is 6.26. The Labute approximate surface area is 116 Å². The molecule has 1 aliphatic heterocycles. The van der Waals surface area contributed by atoms with Crippen molar-refractivity contribution in [2.24, 2.45) is 0 Å². The quantitative estimate of drug-likeness (QED) is 0.858. The molecule has 0 amide bonds. The Bertz CT molecular complexity index is 442. The fraction of sp³-hybridized carbons (Fsp3) is 0.625. The van der Waals surface area contributed by atoms with E-state index in [0.29, 0.717) is 0 Å². The first-order valence-electron chi connectivity index (χ1n) is 7.14. The van der Waals surface area contributed by atoms with Crippen molar-refractivity contribution in [1.29, 1.82) is 0 Å². The second kappa shape index (κ2) is 5.51. The zero-order valence-corrected chi connectivity index (χ0v) is 12.5. The van der Waals surface area contributed by atoms with Gasteiger partial charge in [0.05, 0.1) is 12.6 Å². The lowest BCUT2D eigenvalue weighted by Gasteiger charge is -2.44. The van der Waals surface area contributed by atoms with Crippen molar-refractivity contribution >= 4 is 5.69 Å². The summed E-state index contributed by atoms with van der Waals surface area (Å²) in [4.78, 5) is 2.41. The molecule has 1 fully saturated rings. The minimum atomic E-state index is 0.0510. The van der Waals surface area contributed by atoms with Gasteiger partial charge in [-0.05, 0) is 57.9 Å². The number of hydrogen-bond donors (Lipinski definition) is 2. The maximum absolute atomic E-state index is 9.76. The molecule has 106 valence electrons. The van der Waals surface area contributed by atoms with Crippen LogP contribution in [0.4, 0.5) is 5.69 Å². The molecule has 1 atom stereocenters. The van der Waals surface area contributed by atoms with E-state index in [-0.39, 0.29) is 18.2 Å². The summed E-state index contributed by atoms with van der Waals surface area (Å²) in [5.74, 6) is 0. The molecular weight excluding hydrogens is 236 g/mol. The molecule has 1 aliphatic rings. The molecule has 0 radical (unpaired) electrons. The van der Waals surface area contributed by atoms with E-state index in [2.05, 4.69) is 56.1 Å². The van der Waals surface area contributed by atoms with Crippen LogP contribution in [0.5, 0.6) is 0 Å². The van der Waals surface area contributed by atoms with Crippen LogP contribution in [0.15, 0.2) is 18.2 Å². The predicted octanol–water partition coefficient (Wildman–Crippen LogP) is 2.24. The number of anilines is 1. The average Bonchev–Trinajstić information content (AvgIpc) is 2.50. The average molecular weight is 262 g/mol. The second-order valence-corrected chi connectivity index (χ2v) is 6.26. The van der Waals surface area contributed by atoms with E-state index in [4.69, 9.17) is 0 Å². The Balaban J connectivity index is 2.48. The van der Waals surface area contributed by atoms with Crippen LogP contribution in [0.2, 0.25) is 0 Å². The third-order valence-corrected chi connectivity index (χ3v) is 4.15. The summed E-state index contributed by atoms with van der Waals surface area (Å²) in [6, 6.07) is 6.70. The highest BCUT2D eigenvalue weighted by Gasteiger charge is 2.35. The molecule has 2 rings (SSSR count). The molecular formula is C16H26N2O. The number of rotatable bonds is 2. The molecule has 0 bridgehead atoms. The van der Waals surface area contributed by atoms with Crippen molar-refractivity contribution in [1.82, 2.24) is 5.32 Å². The van der Waals surface area contributed by atoms with Crippen molar-refractivity contribution in [3.8, 4) is 0 Å².